The Labute approximate surface area is 54.2 Å². The quantitative estimate of drug-likeness (QED) is 0.327. The molecule has 0 fully saturated rings. The van der Waals surface area contributed by atoms with Crippen molar-refractivity contribution in [3.8, 4) is 0 Å². The fourth-order valence-corrected chi connectivity index (χ4v) is 0.363. The van der Waals surface area contributed by atoms with Crippen LogP contribution in [0.1, 0.15) is 0 Å². The lowest BCUT2D eigenvalue weighted by Crippen LogP contribution is -2.20. The summed E-state index contributed by atoms with van der Waals surface area (Å²) >= 11 is 0. The maximum Gasteiger partial charge on any atom is 0.129 e. The van der Waals surface area contributed by atoms with Crippen LogP contribution in [0.5, 0.6) is 0 Å². The second-order valence-electron chi connectivity index (χ2n) is 1.31. The molecular weight excluding hydrogens is 116 g/mol. The maximum absolute atomic E-state index is 6.42. The second kappa shape index (κ2) is 4.96. The number of nitrogens with zero attached hydrogens (tertiary/aromatic N) is 2. The third kappa shape index (κ3) is 3.40. The van der Waals surface area contributed by atoms with Crippen LogP contribution in [0.15, 0.2) is 22.8 Å². The molecule has 0 aromatic carbocycles. The van der Waals surface area contributed by atoms with E-state index in [1.165, 1.54) is 0 Å². The van der Waals surface area contributed by atoms with E-state index in [0.717, 1.165) is 0 Å². The van der Waals surface area contributed by atoms with Gasteiger partial charge in [0, 0.05) is 7.05 Å². The molecule has 0 aromatic heterocycles. The molecule has 0 atom stereocenters. The van der Waals surface area contributed by atoms with E-state index in [9.17, 15) is 0 Å². The maximum atomic E-state index is 6.42. The van der Waals surface area contributed by atoms with Gasteiger partial charge in [-0.1, -0.05) is 6.58 Å². The lowest BCUT2D eigenvalue weighted by Gasteiger charge is -1.97. The van der Waals surface area contributed by atoms with Gasteiger partial charge in [-0.3, -0.25) is 4.99 Å². The zero-order valence-electron chi connectivity index (χ0n) is 5.39. The first-order valence-electron chi connectivity index (χ1n) is 2.51. The minimum Gasteiger partial charge on any atom is -0.350 e. The van der Waals surface area contributed by atoms with E-state index in [1.54, 1.807) is 13.1 Å². The number of rotatable bonds is 3. The van der Waals surface area contributed by atoms with E-state index in [1.807, 2.05) is 0 Å². The van der Waals surface area contributed by atoms with Gasteiger partial charge in [-0.05, 0) is 6.08 Å². The Morgan fingerprint density at radius 1 is 1.89 bits per heavy atom. The molecule has 0 spiro atoms. The van der Waals surface area contributed by atoms with Crippen LogP contribution < -0.4 is 5.32 Å². The summed E-state index contributed by atoms with van der Waals surface area (Å²) in [6.07, 6.45) is 1.57. The summed E-state index contributed by atoms with van der Waals surface area (Å²) in [4.78, 5) is 3.79. The van der Waals surface area contributed by atoms with Crippen molar-refractivity contribution in [3.63, 3.8) is 0 Å². The van der Waals surface area contributed by atoms with Crippen LogP contribution in [0.2, 0.25) is 0 Å². The van der Waals surface area contributed by atoms with Crippen molar-refractivity contribution in [1.82, 2.24) is 5.32 Å². The Kier molecular flexibility index (Phi) is 4.30. The van der Waals surface area contributed by atoms with Crippen molar-refractivity contribution < 1.29 is 0 Å². The number of hydrogen-bond donors (Lipinski definition) is 2. The summed E-state index contributed by atoms with van der Waals surface area (Å²) in [6.45, 7) is 3.75. The fraction of sp³-hybridized carbons (Fsp3) is 0.400. The molecule has 0 saturated carbocycles. The first-order valence-corrected chi connectivity index (χ1v) is 2.51. The molecule has 0 amide bonds. The highest BCUT2D eigenvalue weighted by Crippen LogP contribution is 1.71. The molecule has 0 radical (unpaired) electrons. The van der Waals surface area contributed by atoms with Crippen molar-refractivity contribution in [2.75, 3.05) is 13.7 Å². The third-order valence-corrected chi connectivity index (χ3v) is 0.773. The van der Waals surface area contributed by atoms with Crippen LogP contribution in [0.3, 0.4) is 0 Å². The predicted molar refractivity (Wildman–Crippen MR) is 36.7 cm³/mol. The summed E-state index contributed by atoms with van der Waals surface area (Å²) < 4.78 is 0. The number of hydrogen-bond acceptors (Lipinski definition) is 3. The average molecular weight is 126 g/mol. The van der Waals surface area contributed by atoms with Gasteiger partial charge in [0.25, 0.3) is 0 Å². The smallest absolute Gasteiger partial charge is 0.129 e. The highest BCUT2D eigenvalue weighted by atomic mass is 15.1. The zero-order chi connectivity index (χ0) is 7.11. The normalized spacial score (nSPS) is 10.6. The fourth-order valence-electron chi connectivity index (χ4n) is 0.363. The first kappa shape index (κ1) is 7.81. The molecule has 0 heterocycles. The standard InChI is InChI=1S/C5H10N4/c1-3-5(7-2)8-4-9-6/h3,6H,1,4H2,2H3,(H,7,8). The highest BCUT2D eigenvalue weighted by Gasteiger charge is 1.84. The first-order chi connectivity index (χ1) is 4.35. The Bertz CT molecular complexity index is 127. The Morgan fingerprint density at radius 3 is 2.89 bits per heavy atom. The summed E-state index contributed by atoms with van der Waals surface area (Å²) in [5, 5.41) is 5.83. The van der Waals surface area contributed by atoms with Crippen LogP contribution in [0.25, 0.3) is 0 Å². The predicted octanol–water partition coefficient (Wildman–Crippen LogP) is 0.779. The summed E-state index contributed by atoms with van der Waals surface area (Å²) in [5.41, 5.74) is 6.42. The number of aliphatic imine (C=N–C) groups is 1. The van der Waals surface area contributed by atoms with E-state index in [0.29, 0.717) is 5.84 Å². The van der Waals surface area contributed by atoms with Gasteiger partial charge >= 0.3 is 0 Å². The zero-order valence-corrected chi connectivity index (χ0v) is 5.39. The lowest BCUT2D eigenvalue weighted by atomic mass is 10.6. The van der Waals surface area contributed by atoms with Crippen molar-refractivity contribution in [2.45, 2.75) is 0 Å². The molecule has 0 saturated heterocycles. The van der Waals surface area contributed by atoms with Crippen molar-refractivity contribution in [2.24, 2.45) is 10.1 Å². The summed E-state index contributed by atoms with van der Waals surface area (Å²) in [6, 6.07) is 0. The Morgan fingerprint density at radius 2 is 2.56 bits per heavy atom. The van der Waals surface area contributed by atoms with Gasteiger partial charge < -0.3 is 5.32 Å². The van der Waals surface area contributed by atoms with Crippen LogP contribution in [0, 0.1) is 5.53 Å². The number of amidine groups is 1. The molecule has 2 N–H and O–H groups in total. The third-order valence-electron chi connectivity index (χ3n) is 0.773. The minimum atomic E-state index is 0.263. The van der Waals surface area contributed by atoms with E-state index >= 15 is 0 Å². The van der Waals surface area contributed by atoms with Crippen LogP contribution >= 0.6 is 0 Å². The van der Waals surface area contributed by atoms with Crippen LogP contribution in [-0.4, -0.2) is 19.6 Å². The molecule has 4 heteroatoms. The van der Waals surface area contributed by atoms with Crippen molar-refractivity contribution in [3.05, 3.63) is 12.7 Å². The molecular formula is C5H10N4. The molecule has 0 unspecified atom stereocenters. The molecule has 0 aliphatic rings. The molecule has 0 aliphatic carbocycles. The van der Waals surface area contributed by atoms with Crippen LogP contribution in [0.4, 0.5) is 0 Å². The van der Waals surface area contributed by atoms with E-state index in [-0.39, 0.29) is 6.67 Å². The van der Waals surface area contributed by atoms with Gasteiger partial charge in [-0.25, -0.2) is 5.53 Å². The molecule has 0 rings (SSSR count). The molecule has 4 nitrogen and oxygen atoms in total. The van der Waals surface area contributed by atoms with E-state index in [2.05, 4.69) is 22.0 Å². The van der Waals surface area contributed by atoms with Gasteiger partial charge in [0.2, 0.25) is 0 Å². The van der Waals surface area contributed by atoms with Gasteiger partial charge in [0.15, 0.2) is 0 Å². The van der Waals surface area contributed by atoms with Gasteiger partial charge in [-0.2, -0.15) is 5.11 Å². The lowest BCUT2D eigenvalue weighted by molar-refractivity contribution is 0.836. The number of nitrogens with one attached hydrogen (secondary N) is 2. The monoisotopic (exact) mass is 126 g/mol. The molecule has 0 aromatic rings. The Balaban J connectivity index is 3.57. The van der Waals surface area contributed by atoms with Crippen molar-refractivity contribution in [1.29, 1.82) is 5.53 Å². The topological polar surface area (TPSA) is 60.6 Å². The van der Waals surface area contributed by atoms with Gasteiger partial charge in [0.05, 0.1) is 0 Å². The largest absolute Gasteiger partial charge is 0.350 e. The van der Waals surface area contributed by atoms with Gasteiger partial charge in [-0.15, -0.1) is 0 Å². The van der Waals surface area contributed by atoms with Gasteiger partial charge in [0.1, 0.15) is 12.5 Å². The highest BCUT2D eigenvalue weighted by molar-refractivity contribution is 5.92. The van der Waals surface area contributed by atoms with E-state index < -0.39 is 0 Å². The Hall–Kier alpha value is -1.19. The van der Waals surface area contributed by atoms with Crippen molar-refractivity contribution >= 4 is 5.84 Å². The summed E-state index contributed by atoms with van der Waals surface area (Å²) in [5.74, 6) is 0.658. The summed E-state index contributed by atoms with van der Waals surface area (Å²) in [7, 11) is 1.65. The average Bonchev–Trinajstić information content (AvgIpc) is 1.91. The SMILES string of the molecule is C=CC(=NC)NCN=N. The molecule has 0 bridgehead atoms. The molecule has 9 heavy (non-hydrogen) atoms. The molecule has 50 valence electrons. The molecule has 0 aliphatic heterocycles. The minimum absolute atomic E-state index is 0.263. The van der Waals surface area contributed by atoms with Crippen LogP contribution in [-0.2, 0) is 0 Å². The van der Waals surface area contributed by atoms with E-state index in [4.69, 9.17) is 5.53 Å². The second-order valence-corrected chi connectivity index (χ2v) is 1.31.